The van der Waals surface area contributed by atoms with Crippen LogP contribution in [0.4, 0.5) is 0 Å². The van der Waals surface area contributed by atoms with E-state index >= 15 is 0 Å². The van der Waals surface area contributed by atoms with Crippen molar-refractivity contribution >= 4 is 20.5 Å². The Balaban J connectivity index is 0.00000106. The Hall–Kier alpha value is 0.420. The minimum absolute atomic E-state index is 0.729. The van der Waals surface area contributed by atoms with Gasteiger partial charge in [0.2, 0.25) is 0 Å². The van der Waals surface area contributed by atoms with Crippen LogP contribution in [0.2, 0.25) is 0 Å². The van der Waals surface area contributed by atoms with Gasteiger partial charge in [-0.2, -0.15) is 0 Å². The lowest BCUT2D eigenvalue weighted by Gasteiger charge is -2.38. The predicted molar refractivity (Wildman–Crippen MR) is 71.8 cm³/mol. The second-order valence-electron chi connectivity index (χ2n) is 3.43. The summed E-state index contributed by atoms with van der Waals surface area (Å²) in [6, 6.07) is 0. The van der Waals surface area contributed by atoms with E-state index in [1.807, 2.05) is 22.8 Å². The molecule has 1 aliphatic rings. The fraction of sp³-hybridized carbons (Fsp3) is 1.00. The Bertz CT molecular complexity index is 233. The van der Waals surface area contributed by atoms with Crippen molar-refractivity contribution in [2.24, 2.45) is 0 Å². The Labute approximate surface area is 105 Å². The molecule has 0 aromatic rings. The zero-order chi connectivity index (χ0) is 12.8. The molecule has 0 amide bonds. The maximum atomic E-state index is 12.3. The molecule has 1 unspecified atom stereocenters. The van der Waals surface area contributed by atoms with E-state index in [4.69, 9.17) is 4.52 Å². The Kier molecular flexibility index (Phi) is 7.89. The molecule has 0 aromatic carbocycles. The first-order valence-corrected chi connectivity index (χ1v) is 7.46. The number of piperazine rings is 1. The van der Waals surface area contributed by atoms with E-state index in [1.165, 1.54) is 7.11 Å². The van der Waals surface area contributed by atoms with E-state index in [1.54, 1.807) is 18.8 Å². The van der Waals surface area contributed by atoms with Gasteiger partial charge in [0.05, 0.1) is 0 Å². The topological polar surface area (TPSA) is 36.0 Å². The van der Waals surface area contributed by atoms with Gasteiger partial charge in [-0.05, 0) is 14.1 Å². The van der Waals surface area contributed by atoms with Crippen LogP contribution in [0.15, 0.2) is 0 Å². The van der Waals surface area contributed by atoms with Gasteiger partial charge in [-0.15, -0.1) is 0 Å². The van der Waals surface area contributed by atoms with Crippen molar-refractivity contribution in [3.8, 4) is 0 Å². The maximum Gasteiger partial charge on any atom is 0.345 e. The average Bonchev–Trinajstić information content (AvgIpc) is 2.31. The smallest absolute Gasteiger partial charge is 0.309 e. The molecule has 0 aliphatic carbocycles. The molecule has 0 bridgehead atoms. The molecule has 98 valence electrons. The predicted octanol–water partition coefficient (Wildman–Crippen LogP) is 1.79. The van der Waals surface area contributed by atoms with Gasteiger partial charge in [-0.25, -0.2) is 9.34 Å². The largest absolute Gasteiger partial charge is 0.345 e. The fourth-order valence-electron chi connectivity index (χ4n) is 1.47. The molecule has 1 heterocycles. The van der Waals surface area contributed by atoms with Crippen LogP contribution in [0.5, 0.6) is 0 Å². The fourth-order valence-corrected chi connectivity index (χ4v) is 3.40. The van der Waals surface area contributed by atoms with E-state index < -0.39 is 7.67 Å². The first-order valence-electron chi connectivity index (χ1n) is 5.53. The van der Waals surface area contributed by atoms with Crippen LogP contribution in [0.25, 0.3) is 0 Å². The molecule has 1 saturated heterocycles. The van der Waals surface area contributed by atoms with Crippen molar-refractivity contribution in [2.75, 3.05) is 47.4 Å². The summed E-state index contributed by atoms with van der Waals surface area (Å²) in [5.74, 6) is 0. The summed E-state index contributed by atoms with van der Waals surface area (Å²) in [6.45, 7) is 7.08. The van der Waals surface area contributed by atoms with E-state index in [0.29, 0.717) is 0 Å². The van der Waals surface area contributed by atoms with Crippen LogP contribution in [0.1, 0.15) is 13.8 Å². The van der Waals surface area contributed by atoms with Gasteiger partial charge >= 0.3 is 7.67 Å². The van der Waals surface area contributed by atoms with E-state index in [0.717, 1.165) is 26.2 Å². The van der Waals surface area contributed by atoms with Crippen molar-refractivity contribution in [2.45, 2.75) is 13.8 Å². The summed E-state index contributed by atoms with van der Waals surface area (Å²) in [4.78, 5) is 0. The summed E-state index contributed by atoms with van der Waals surface area (Å²) in [5, 5.41) is 0. The Morgan fingerprint density at radius 3 is 1.94 bits per heavy atom. The van der Waals surface area contributed by atoms with Crippen molar-refractivity contribution in [3.05, 3.63) is 0 Å². The second kappa shape index (κ2) is 7.69. The van der Waals surface area contributed by atoms with Gasteiger partial charge in [0.1, 0.15) is 0 Å². The minimum atomic E-state index is -2.77. The zero-order valence-electron chi connectivity index (χ0n) is 10.9. The van der Waals surface area contributed by atoms with Crippen molar-refractivity contribution < 1.29 is 9.09 Å². The molecule has 7 heteroatoms. The van der Waals surface area contributed by atoms with Gasteiger partial charge in [0.15, 0.2) is 0 Å². The van der Waals surface area contributed by atoms with Crippen molar-refractivity contribution in [1.82, 2.24) is 13.6 Å². The lowest BCUT2D eigenvalue weighted by Crippen LogP contribution is -2.42. The third-order valence-electron chi connectivity index (χ3n) is 2.33. The number of thiol groups is 1. The molecule has 1 aliphatic heterocycles. The van der Waals surface area contributed by atoms with Crippen LogP contribution >= 0.6 is 20.5 Å². The summed E-state index contributed by atoms with van der Waals surface area (Å²) >= 11 is 4.24. The van der Waals surface area contributed by atoms with Crippen LogP contribution in [0, 0.1) is 0 Å². The van der Waals surface area contributed by atoms with Crippen LogP contribution in [-0.2, 0) is 9.09 Å². The maximum absolute atomic E-state index is 12.3. The second-order valence-corrected chi connectivity index (χ2v) is 6.71. The standard InChI is InChI=1S/C7H18N3O2PS.C2H6/c1-8(2)13(11,12-3)9-4-6-10(14)7-5-9;1-2/h14H,4-7H2,1-3H3;1-2H3. The number of hydrogen-bond acceptors (Lipinski definition) is 4. The highest BCUT2D eigenvalue weighted by Crippen LogP contribution is 2.51. The van der Waals surface area contributed by atoms with Crippen molar-refractivity contribution in [3.63, 3.8) is 0 Å². The Morgan fingerprint density at radius 1 is 1.19 bits per heavy atom. The summed E-state index contributed by atoms with van der Waals surface area (Å²) in [6.07, 6.45) is 0. The zero-order valence-corrected chi connectivity index (χ0v) is 12.7. The third-order valence-corrected chi connectivity index (χ3v) is 5.33. The van der Waals surface area contributed by atoms with Gasteiger partial charge in [0.25, 0.3) is 0 Å². The SMILES string of the molecule is CC.COP(=O)(N(C)C)N1CCN(S)CC1. The number of nitrogens with zero attached hydrogens (tertiary/aromatic N) is 3. The normalized spacial score (nSPS) is 22.4. The lowest BCUT2D eigenvalue weighted by molar-refractivity contribution is 0.221. The summed E-state index contributed by atoms with van der Waals surface area (Å²) in [7, 11) is 2.28. The first kappa shape index (κ1) is 16.4. The summed E-state index contributed by atoms with van der Waals surface area (Å²) < 4.78 is 22.9. The lowest BCUT2D eigenvalue weighted by atomic mass is 10.4. The molecular formula is C9H24N3O2PS. The van der Waals surface area contributed by atoms with E-state index in [9.17, 15) is 4.57 Å². The molecule has 0 N–H and O–H groups in total. The van der Waals surface area contributed by atoms with Gasteiger partial charge < -0.3 is 4.52 Å². The highest BCUT2D eigenvalue weighted by atomic mass is 32.1. The average molecular weight is 269 g/mol. The van der Waals surface area contributed by atoms with E-state index in [2.05, 4.69) is 12.8 Å². The van der Waals surface area contributed by atoms with Gasteiger partial charge in [-0.3, -0.25) is 8.87 Å². The molecular weight excluding hydrogens is 245 g/mol. The third kappa shape index (κ3) is 4.02. The minimum Gasteiger partial charge on any atom is -0.309 e. The van der Waals surface area contributed by atoms with Crippen LogP contribution < -0.4 is 0 Å². The monoisotopic (exact) mass is 269 g/mol. The molecule has 0 spiro atoms. The Morgan fingerprint density at radius 2 is 1.62 bits per heavy atom. The molecule has 0 aromatic heterocycles. The van der Waals surface area contributed by atoms with Gasteiger partial charge in [0, 0.05) is 33.3 Å². The number of hydrogen-bond donors (Lipinski definition) is 1. The van der Waals surface area contributed by atoms with Gasteiger partial charge in [-0.1, -0.05) is 26.7 Å². The highest BCUT2D eigenvalue weighted by molar-refractivity contribution is 7.77. The molecule has 5 nitrogen and oxygen atoms in total. The quantitative estimate of drug-likeness (QED) is 0.624. The van der Waals surface area contributed by atoms with E-state index in [-0.39, 0.29) is 0 Å². The number of rotatable bonds is 3. The van der Waals surface area contributed by atoms with Crippen LogP contribution in [0.3, 0.4) is 0 Å². The van der Waals surface area contributed by atoms with Crippen LogP contribution in [-0.4, -0.2) is 61.0 Å². The first-order chi connectivity index (χ1) is 7.50. The molecule has 1 fully saturated rings. The molecule has 1 atom stereocenters. The highest BCUT2D eigenvalue weighted by Gasteiger charge is 2.35. The van der Waals surface area contributed by atoms with Crippen molar-refractivity contribution in [1.29, 1.82) is 0 Å². The molecule has 0 saturated carbocycles. The molecule has 1 rings (SSSR count). The molecule has 0 radical (unpaired) electrons. The molecule has 16 heavy (non-hydrogen) atoms. The summed E-state index contributed by atoms with van der Waals surface area (Å²) in [5.41, 5.74) is 0.